The van der Waals surface area contributed by atoms with Gasteiger partial charge in [0.1, 0.15) is 6.17 Å². The monoisotopic (exact) mass is 220 g/mol. The molecule has 0 amide bonds. The molecule has 0 aliphatic carbocycles. The summed E-state index contributed by atoms with van der Waals surface area (Å²) in [6, 6.07) is 10.5. The van der Waals surface area contributed by atoms with Crippen LogP contribution in [0, 0.1) is 0 Å². The van der Waals surface area contributed by atoms with Crippen molar-refractivity contribution in [3.05, 3.63) is 47.8 Å². The summed E-state index contributed by atoms with van der Waals surface area (Å²) >= 11 is 4.53. The van der Waals surface area contributed by atoms with Crippen molar-refractivity contribution in [1.29, 1.82) is 0 Å². The number of hydrogen-bond acceptors (Lipinski definition) is 3. The smallest absolute Gasteiger partial charge is 0.137 e. The molecule has 1 aliphatic heterocycles. The summed E-state index contributed by atoms with van der Waals surface area (Å²) in [5.41, 5.74) is 2.47. The van der Waals surface area contributed by atoms with Crippen LogP contribution in [0.2, 0.25) is 0 Å². The Morgan fingerprint density at radius 3 is 2.53 bits per heavy atom. The van der Waals surface area contributed by atoms with Crippen LogP contribution in [0.5, 0.6) is 0 Å². The highest BCUT2D eigenvalue weighted by molar-refractivity contribution is 7.77. The molecule has 0 saturated carbocycles. The molecule has 1 heterocycles. The first kappa shape index (κ1) is 10.4. The van der Waals surface area contributed by atoms with Crippen molar-refractivity contribution in [3.63, 3.8) is 0 Å². The molecule has 1 aromatic rings. The molecule has 0 saturated heterocycles. The Bertz CT molecular complexity index is 361. The molecule has 1 aliphatic rings. The van der Waals surface area contributed by atoms with Crippen LogP contribution in [-0.2, 0) is 0 Å². The van der Waals surface area contributed by atoms with E-state index < -0.39 is 0 Å². The van der Waals surface area contributed by atoms with Crippen LogP contribution in [0.15, 0.2) is 42.2 Å². The molecule has 1 atom stereocenters. The zero-order chi connectivity index (χ0) is 10.8. The van der Waals surface area contributed by atoms with E-state index in [0.717, 1.165) is 6.54 Å². The van der Waals surface area contributed by atoms with Gasteiger partial charge < -0.3 is 4.90 Å². The normalized spacial score (nSPS) is 20.7. The van der Waals surface area contributed by atoms with Crippen molar-refractivity contribution in [2.24, 2.45) is 0 Å². The Morgan fingerprint density at radius 2 is 1.93 bits per heavy atom. The number of allylic oxidation sites excluding steroid dienone is 1. The van der Waals surface area contributed by atoms with Crippen molar-refractivity contribution in [1.82, 2.24) is 9.21 Å². The first-order valence-electron chi connectivity index (χ1n) is 5.21. The van der Waals surface area contributed by atoms with Gasteiger partial charge in [0.25, 0.3) is 0 Å². The number of rotatable bonds is 2. The zero-order valence-electron chi connectivity index (χ0n) is 9.09. The molecular formula is C12H16N2S. The number of benzene rings is 1. The second-order valence-electron chi connectivity index (χ2n) is 3.73. The van der Waals surface area contributed by atoms with Gasteiger partial charge in [0.15, 0.2) is 0 Å². The Kier molecular flexibility index (Phi) is 2.91. The van der Waals surface area contributed by atoms with Gasteiger partial charge in [-0.2, -0.15) is 0 Å². The minimum Gasteiger partial charge on any atom is -0.352 e. The maximum absolute atomic E-state index is 4.53. The molecule has 0 spiro atoms. The summed E-state index contributed by atoms with van der Waals surface area (Å²) in [6.07, 6.45) is 2.39. The molecule has 1 unspecified atom stereocenters. The second kappa shape index (κ2) is 4.19. The predicted molar refractivity (Wildman–Crippen MR) is 66.1 cm³/mol. The molecule has 15 heavy (non-hydrogen) atoms. The zero-order valence-corrected chi connectivity index (χ0v) is 9.98. The fourth-order valence-electron chi connectivity index (χ4n) is 1.93. The van der Waals surface area contributed by atoms with Crippen molar-refractivity contribution in [2.45, 2.75) is 20.0 Å². The van der Waals surface area contributed by atoms with Gasteiger partial charge in [0, 0.05) is 18.4 Å². The first-order chi connectivity index (χ1) is 7.24. The summed E-state index contributed by atoms with van der Waals surface area (Å²) in [5, 5.41) is 0. The molecule has 2 rings (SSSR count). The van der Waals surface area contributed by atoms with E-state index >= 15 is 0 Å². The lowest BCUT2D eigenvalue weighted by Gasteiger charge is -2.29. The fraction of sp³-hybridized carbons (Fsp3) is 0.333. The predicted octanol–water partition coefficient (Wildman–Crippen LogP) is 3.03. The van der Waals surface area contributed by atoms with Gasteiger partial charge in [0.05, 0.1) is 0 Å². The molecule has 0 fully saturated rings. The maximum Gasteiger partial charge on any atom is 0.137 e. The van der Waals surface area contributed by atoms with Crippen molar-refractivity contribution < 1.29 is 0 Å². The molecule has 2 nitrogen and oxygen atoms in total. The molecule has 0 bridgehead atoms. The minimum atomic E-state index is 0.236. The van der Waals surface area contributed by atoms with Gasteiger partial charge in [0.2, 0.25) is 0 Å². The van der Waals surface area contributed by atoms with E-state index in [1.807, 2.05) is 10.4 Å². The molecule has 0 radical (unpaired) electrons. The average Bonchev–Trinajstić information content (AvgIpc) is 2.56. The van der Waals surface area contributed by atoms with E-state index in [-0.39, 0.29) is 6.17 Å². The quantitative estimate of drug-likeness (QED) is 0.765. The van der Waals surface area contributed by atoms with Gasteiger partial charge in [-0.25, -0.2) is 0 Å². The highest BCUT2D eigenvalue weighted by atomic mass is 32.1. The minimum absolute atomic E-state index is 0.236. The van der Waals surface area contributed by atoms with Gasteiger partial charge in [-0.1, -0.05) is 43.1 Å². The molecule has 0 N–H and O–H groups in total. The van der Waals surface area contributed by atoms with E-state index in [4.69, 9.17) is 0 Å². The number of nitrogens with zero attached hydrogens (tertiary/aromatic N) is 2. The number of hydrogen-bond donors (Lipinski definition) is 1. The molecule has 80 valence electrons. The van der Waals surface area contributed by atoms with E-state index in [2.05, 4.69) is 62.0 Å². The Hall–Kier alpha value is -1.09. The van der Waals surface area contributed by atoms with E-state index in [9.17, 15) is 0 Å². The lowest BCUT2D eigenvalue weighted by atomic mass is 10.1. The maximum atomic E-state index is 4.53. The van der Waals surface area contributed by atoms with Crippen LogP contribution in [0.3, 0.4) is 0 Å². The van der Waals surface area contributed by atoms with Crippen LogP contribution in [0.1, 0.15) is 25.6 Å². The third-order valence-corrected chi connectivity index (χ3v) is 3.26. The topological polar surface area (TPSA) is 6.48 Å². The lowest BCUT2D eigenvalue weighted by molar-refractivity contribution is 0.235. The Labute approximate surface area is 96.7 Å². The van der Waals surface area contributed by atoms with Crippen LogP contribution in [0.25, 0.3) is 0 Å². The number of thiol groups is 1. The second-order valence-corrected chi connectivity index (χ2v) is 4.16. The van der Waals surface area contributed by atoms with Crippen molar-refractivity contribution in [2.75, 3.05) is 6.54 Å². The van der Waals surface area contributed by atoms with Gasteiger partial charge in [-0.15, -0.1) is 0 Å². The highest BCUT2D eigenvalue weighted by Crippen LogP contribution is 2.35. The fourth-order valence-corrected chi connectivity index (χ4v) is 2.24. The summed E-state index contributed by atoms with van der Waals surface area (Å²) in [4.78, 5) is 2.29. The van der Waals surface area contributed by atoms with Crippen LogP contribution in [-0.4, -0.2) is 15.7 Å². The van der Waals surface area contributed by atoms with Gasteiger partial charge in [-0.05, 0) is 19.4 Å². The molecular weight excluding hydrogens is 204 g/mol. The third-order valence-electron chi connectivity index (χ3n) is 2.72. The Morgan fingerprint density at radius 1 is 1.27 bits per heavy atom. The molecule has 1 aromatic carbocycles. The molecule has 3 heteroatoms. The van der Waals surface area contributed by atoms with Gasteiger partial charge in [-0.3, -0.25) is 4.31 Å². The standard InChI is InChI=1S/C12H16N2S/c1-3-13-9-10(2)14(15)12(13)11-7-5-4-6-8-11/h4-9,12,15H,3H2,1-2H3. The SMILES string of the molecule is CCN1C=C(C)N(S)C1c1ccccc1. The van der Waals surface area contributed by atoms with Gasteiger partial charge >= 0.3 is 0 Å². The summed E-state index contributed by atoms with van der Waals surface area (Å²) < 4.78 is 2.01. The molecule has 0 aromatic heterocycles. The van der Waals surface area contributed by atoms with Crippen LogP contribution < -0.4 is 0 Å². The van der Waals surface area contributed by atoms with Crippen LogP contribution >= 0.6 is 12.8 Å². The summed E-state index contributed by atoms with van der Waals surface area (Å²) in [7, 11) is 0. The highest BCUT2D eigenvalue weighted by Gasteiger charge is 2.28. The van der Waals surface area contributed by atoms with Crippen molar-refractivity contribution >= 4 is 12.8 Å². The van der Waals surface area contributed by atoms with Crippen molar-refractivity contribution in [3.8, 4) is 0 Å². The van der Waals surface area contributed by atoms with E-state index in [1.165, 1.54) is 11.3 Å². The largest absolute Gasteiger partial charge is 0.352 e. The lowest BCUT2D eigenvalue weighted by Crippen LogP contribution is -2.26. The average molecular weight is 220 g/mol. The van der Waals surface area contributed by atoms with E-state index in [0.29, 0.717) is 0 Å². The van der Waals surface area contributed by atoms with Crippen LogP contribution in [0.4, 0.5) is 0 Å². The first-order valence-corrected chi connectivity index (χ1v) is 5.61. The summed E-state index contributed by atoms with van der Waals surface area (Å²) in [5.74, 6) is 0. The van der Waals surface area contributed by atoms with E-state index in [1.54, 1.807) is 0 Å². The summed E-state index contributed by atoms with van der Waals surface area (Å²) in [6.45, 7) is 5.24. The third kappa shape index (κ3) is 1.84. The Balaban J connectivity index is 2.30.